The molecule has 0 radical (unpaired) electrons. The molecule has 0 N–H and O–H groups in total. The predicted molar refractivity (Wildman–Crippen MR) is 139 cm³/mol. The maximum absolute atomic E-state index is 13.8. The first kappa shape index (κ1) is 27.1. The van der Waals surface area contributed by atoms with Crippen molar-refractivity contribution in [3.05, 3.63) is 59.7 Å². The van der Waals surface area contributed by atoms with E-state index in [1.807, 2.05) is 50.5 Å². The van der Waals surface area contributed by atoms with E-state index in [-0.39, 0.29) is 5.78 Å². The molecular weight excluding hydrogens is 444 g/mol. The molecule has 192 valence electrons. The van der Waals surface area contributed by atoms with Crippen molar-refractivity contribution in [2.75, 3.05) is 78.8 Å². The van der Waals surface area contributed by atoms with Crippen molar-refractivity contribution in [1.29, 1.82) is 0 Å². The molecule has 0 amide bonds. The van der Waals surface area contributed by atoms with Gasteiger partial charge in [0.05, 0.1) is 38.6 Å². The van der Waals surface area contributed by atoms with Gasteiger partial charge >= 0.3 is 0 Å². The minimum Gasteiger partial charge on any atom is -0.491 e. The van der Waals surface area contributed by atoms with Crippen molar-refractivity contribution in [3.8, 4) is 5.75 Å². The lowest BCUT2D eigenvalue weighted by molar-refractivity contribution is 0.0544. The normalized spacial score (nSPS) is 15.7. The fourth-order valence-corrected chi connectivity index (χ4v) is 4.46. The molecule has 1 aliphatic heterocycles. The molecule has 0 aromatic heterocycles. The van der Waals surface area contributed by atoms with Gasteiger partial charge in [0.15, 0.2) is 5.78 Å². The Morgan fingerprint density at radius 2 is 1.63 bits per heavy atom. The number of carbonyl (C=O) groups is 1. The maximum atomic E-state index is 13.8. The quantitative estimate of drug-likeness (QED) is 0.299. The number of anilines is 1. The summed E-state index contributed by atoms with van der Waals surface area (Å²) in [6.45, 7) is 7.47. The summed E-state index contributed by atoms with van der Waals surface area (Å²) < 4.78 is 21.6. The van der Waals surface area contributed by atoms with Gasteiger partial charge < -0.3 is 23.8 Å². The van der Waals surface area contributed by atoms with Crippen LogP contribution in [0.25, 0.3) is 0 Å². The van der Waals surface area contributed by atoms with Gasteiger partial charge in [0.2, 0.25) is 0 Å². The molecule has 0 bridgehead atoms. The topological polar surface area (TPSA) is 60.5 Å². The number of ether oxygens (including phenoxy) is 4. The Hall–Kier alpha value is -2.45. The number of benzene rings is 2. The van der Waals surface area contributed by atoms with Crippen LogP contribution in [0.1, 0.15) is 29.3 Å². The van der Waals surface area contributed by atoms with Crippen molar-refractivity contribution in [2.24, 2.45) is 0 Å². The van der Waals surface area contributed by atoms with Gasteiger partial charge in [-0.3, -0.25) is 9.69 Å². The first-order chi connectivity index (χ1) is 17.0. The Labute approximate surface area is 209 Å². The van der Waals surface area contributed by atoms with Crippen LogP contribution >= 0.6 is 0 Å². The zero-order valence-corrected chi connectivity index (χ0v) is 21.6. The number of hydrogen-bond acceptors (Lipinski definition) is 7. The van der Waals surface area contributed by atoms with E-state index < -0.39 is 5.54 Å². The van der Waals surface area contributed by atoms with Gasteiger partial charge in [-0.15, -0.1) is 0 Å². The predicted octanol–water partition coefficient (Wildman–Crippen LogP) is 3.70. The number of ketones is 1. The lowest BCUT2D eigenvalue weighted by atomic mass is 9.80. The second-order valence-corrected chi connectivity index (χ2v) is 9.03. The lowest BCUT2D eigenvalue weighted by Crippen LogP contribution is -2.52. The van der Waals surface area contributed by atoms with E-state index in [9.17, 15) is 4.79 Å². The number of methoxy groups -OCH3 is 1. The van der Waals surface area contributed by atoms with Gasteiger partial charge in [0.25, 0.3) is 0 Å². The second kappa shape index (κ2) is 13.6. The highest BCUT2D eigenvalue weighted by Gasteiger charge is 2.39. The summed E-state index contributed by atoms with van der Waals surface area (Å²) in [5.41, 5.74) is 2.35. The second-order valence-electron chi connectivity index (χ2n) is 9.03. The first-order valence-electron chi connectivity index (χ1n) is 12.4. The molecule has 0 saturated carbocycles. The van der Waals surface area contributed by atoms with Crippen LogP contribution in [-0.2, 0) is 20.6 Å². The molecule has 7 nitrogen and oxygen atoms in total. The summed E-state index contributed by atoms with van der Waals surface area (Å²) in [5, 5.41) is 0. The summed E-state index contributed by atoms with van der Waals surface area (Å²) in [4.78, 5) is 18.2. The Bertz CT molecular complexity index is 895. The third-order valence-corrected chi connectivity index (χ3v) is 6.72. The summed E-state index contributed by atoms with van der Waals surface area (Å²) in [6.07, 6.45) is 1.34. The van der Waals surface area contributed by atoms with E-state index in [0.717, 1.165) is 48.9 Å². The largest absolute Gasteiger partial charge is 0.491 e. The SMILES string of the molecule is CCC(Cc1ccc(OCCOCCOC)cc1)(C(=O)c1ccc(N2CCOCC2)cc1)N(C)C. The van der Waals surface area contributed by atoms with Crippen LogP contribution in [0.4, 0.5) is 5.69 Å². The fraction of sp³-hybridized carbons (Fsp3) is 0.536. The van der Waals surface area contributed by atoms with E-state index in [1.165, 1.54) is 0 Å². The number of hydrogen-bond donors (Lipinski definition) is 0. The highest BCUT2D eigenvalue weighted by atomic mass is 16.5. The van der Waals surface area contributed by atoms with Crippen molar-refractivity contribution >= 4 is 11.5 Å². The molecule has 1 aliphatic rings. The molecule has 1 atom stereocenters. The van der Waals surface area contributed by atoms with Gasteiger partial charge in [0, 0.05) is 31.5 Å². The summed E-state index contributed by atoms with van der Waals surface area (Å²) in [5.74, 6) is 0.938. The monoisotopic (exact) mass is 484 g/mol. The smallest absolute Gasteiger partial charge is 0.183 e. The summed E-state index contributed by atoms with van der Waals surface area (Å²) in [7, 11) is 5.63. The Balaban J connectivity index is 1.65. The Kier molecular flexibility index (Phi) is 10.5. The van der Waals surface area contributed by atoms with Crippen LogP contribution in [0.3, 0.4) is 0 Å². The highest BCUT2D eigenvalue weighted by molar-refractivity contribution is 6.03. The average Bonchev–Trinajstić information content (AvgIpc) is 2.90. The zero-order valence-electron chi connectivity index (χ0n) is 21.6. The van der Waals surface area contributed by atoms with E-state index in [1.54, 1.807) is 7.11 Å². The number of likely N-dealkylation sites (N-methyl/N-ethyl adjacent to an activating group) is 1. The van der Waals surface area contributed by atoms with Gasteiger partial charge in [0.1, 0.15) is 12.4 Å². The molecular formula is C28H40N2O5. The van der Waals surface area contributed by atoms with Gasteiger partial charge in [-0.2, -0.15) is 0 Å². The minimum atomic E-state index is -0.627. The molecule has 2 aromatic carbocycles. The minimum absolute atomic E-state index is 0.145. The van der Waals surface area contributed by atoms with Crippen LogP contribution in [0, 0.1) is 0 Å². The summed E-state index contributed by atoms with van der Waals surface area (Å²) in [6, 6.07) is 16.1. The number of morpholine rings is 1. The molecule has 35 heavy (non-hydrogen) atoms. The molecule has 1 heterocycles. The molecule has 1 saturated heterocycles. The number of carbonyl (C=O) groups excluding carboxylic acids is 1. The molecule has 2 aromatic rings. The van der Waals surface area contributed by atoms with Crippen LogP contribution < -0.4 is 9.64 Å². The summed E-state index contributed by atoms with van der Waals surface area (Å²) >= 11 is 0. The van der Waals surface area contributed by atoms with Crippen molar-refractivity contribution < 1.29 is 23.7 Å². The fourth-order valence-electron chi connectivity index (χ4n) is 4.46. The Morgan fingerprint density at radius 3 is 2.23 bits per heavy atom. The van der Waals surface area contributed by atoms with Crippen LogP contribution in [0.2, 0.25) is 0 Å². The zero-order chi connectivity index (χ0) is 25.1. The molecule has 0 aliphatic carbocycles. The van der Waals surface area contributed by atoms with Crippen molar-refractivity contribution in [2.45, 2.75) is 25.3 Å². The van der Waals surface area contributed by atoms with Crippen LogP contribution in [0.5, 0.6) is 5.75 Å². The maximum Gasteiger partial charge on any atom is 0.183 e. The lowest BCUT2D eigenvalue weighted by Gasteiger charge is -2.38. The van der Waals surface area contributed by atoms with E-state index in [4.69, 9.17) is 18.9 Å². The van der Waals surface area contributed by atoms with Crippen molar-refractivity contribution in [1.82, 2.24) is 4.90 Å². The molecule has 7 heteroatoms. The van der Waals surface area contributed by atoms with E-state index >= 15 is 0 Å². The van der Waals surface area contributed by atoms with Gasteiger partial charge in [-0.1, -0.05) is 19.1 Å². The van der Waals surface area contributed by atoms with E-state index in [2.05, 4.69) is 28.9 Å². The van der Waals surface area contributed by atoms with Crippen LogP contribution in [-0.4, -0.2) is 90.2 Å². The molecule has 1 unspecified atom stereocenters. The standard InChI is InChI=1S/C28H40N2O5/c1-5-28(29(2)3,22-23-6-12-26(13-7-23)35-21-20-34-19-18-32-4)27(31)24-8-10-25(11-9-24)30-14-16-33-17-15-30/h6-13H,5,14-22H2,1-4H3. The average molecular weight is 485 g/mol. The number of Topliss-reactive ketones (excluding diaryl/α,β-unsaturated/α-hetero) is 1. The van der Waals surface area contributed by atoms with Gasteiger partial charge in [-0.05, 0) is 68.9 Å². The van der Waals surface area contributed by atoms with Crippen molar-refractivity contribution in [3.63, 3.8) is 0 Å². The molecule has 1 fully saturated rings. The molecule has 0 spiro atoms. The molecule has 3 rings (SSSR count). The number of rotatable bonds is 14. The van der Waals surface area contributed by atoms with Gasteiger partial charge in [-0.25, -0.2) is 0 Å². The first-order valence-corrected chi connectivity index (χ1v) is 12.4. The third-order valence-electron chi connectivity index (χ3n) is 6.72. The highest BCUT2D eigenvalue weighted by Crippen LogP contribution is 2.29. The number of nitrogens with zero attached hydrogens (tertiary/aromatic N) is 2. The van der Waals surface area contributed by atoms with Crippen LogP contribution in [0.15, 0.2) is 48.5 Å². The Morgan fingerprint density at radius 1 is 0.971 bits per heavy atom. The van der Waals surface area contributed by atoms with E-state index in [0.29, 0.717) is 39.3 Å². The third kappa shape index (κ3) is 7.27.